The standard InChI is InChI=1S/C18H21N3/c1-13-10-17(21(2)20-13)12-16(19)11-15-8-5-7-14-6-3-4-9-18(14)15/h3-10,16H,11-12,19H2,1-2H3. The van der Waals surface area contributed by atoms with Gasteiger partial charge in [0.05, 0.1) is 5.69 Å². The van der Waals surface area contributed by atoms with Crippen LogP contribution in [0.1, 0.15) is 17.0 Å². The van der Waals surface area contributed by atoms with Crippen LogP contribution in [0.15, 0.2) is 48.5 Å². The van der Waals surface area contributed by atoms with Crippen LogP contribution in [0.2, 0.25) is 0 Å². The van der Waals surface area contributed by atoms with Crippen molar-refractivity contribution >= 4 is 10.8 Å². The van der Waals surface area contributed by atoms with Crippen LogP contribution in [0.3, 0.4) is 0 Å². The SMILES string of the molecule is Cc1cc(CC(N)Cc2cccc3ccccc23)n(C)n1. The molecule has 3 nitrogen and oxygen atoms in total. The van der Waals surface area contributed by atoms with E-state index in [1.807, 2.05) is 18.7 Å². The Bertz CT molecular complexity index is 753. The highest BCUT2D eigenvalue weighted by atomic mass is 15.3. The Morgan fingerprint density at radius 1 is 1.10 bits per heavy atom. The minimum Gasteiger partial charge on any atom is -0.327 e. The number of rotatable bonds is 4. The lowest BCUT2D eigenvalue weighted by atomic mass is 9.97. The van der Waals surface area contributed by atoms with Gasteiger partial charge < -0.3 is 5.73 Å². The van der Waals surface area contributed by atoms with E-state index in [0.717, 1.165) is 18.5 Å². The molecule has 0 aliphatic heterocycles. The zero-order valence-corrected chi connectivity index (χ0v) is 12.6. The third-order valence-corrected chi connectivity index (χ3v) is 3.93. The maximum Gasteiger partial charge on any atom is 0.0596 e. The Morgan fingerprint density at radius 2 is 1.86 bits per heavy atom. The van der Waals surface area contributed by atoms with Gasteiger partial charge in [0.15, 0.2) is 0 Å². The third-order valence-electron chi connectivity index (χ3n) is 3.93. The second-order valence-electron chi connectivity index (χ2n) is 5.71. The fourth-order valence-corrected chi connectivity index (χ4v) is 2.95. The van der Waals surface area contributed by atoms with Crippen molar-refractivity contribution in [2.45, 2.75) is 25.8 Å². The summed E-state index contributed by atoms with van der Waals surface area (Å²) in [5.41, 5.74) is 9.93. The molecule has 2 N–H and O–H groups in total. The van der Waals surface area contributed by atoms with Gasteiger partial charge >= 0.3 is 0 Å². The monoisotopic (exact) mass is 279 g/mol. The van der Waals surface area contributed by atoms with Crippen molar-refractivity contribution in [3.63, 3.8) is 0 Å². The Kier molecular flexibility index (Phi) is 3.76. The molecule has 21 heavy (non-hydrogen) atoms. The van der Waals surface area contributed by atoms with Gasteiger partial charge in [-0.1, -0.05) is 42.5 Å². The van der Waals surface area contributed by atoms with Crippen molar-refractivity contribution < 1.29 is 0 Å². The van der Waals surface area contributed by atoms with Gasteiger partial charge in [0, 0.05) is 25.2 Å². The molecule has 1 atom stereocenters. The minimum absolute atomic E-state index is 0.102. The zero-order chi connectivity index (χ0) is 14.8. The molecule has 0 saturated heterocycles. The number of nitrogens with zero attached hydrogens (tertiary/aromatic N) is 2. The molecule has 0 amide bonds. The van der Waals surface area contributed by atoms with Crippen LogP contribution in [-0.4, -0.2) is 15.8 Å². The van der Waals surface area contributed by atoms with E-state index >= 15 is 0 Å². The largest absolute Gasteiger partial charge is 0.327 e. The highest BCUT2D eigenvalue weighted by Gasteiger charge is 2.11. The molecule has 0 radical (unpaired) electrons. The lowest BCUT2D eigenvalue weighted by Gasteiger charge is -2.13. The first-order valence-electron chi connectivity index (χ1n) is 7.35. The molecule has 3 heteroatoms. The molecule has 0 spiro atoms. The van der Waals surface area contributed by atoms with Crippen molar-refractivity contribution in [1.29, 1.82) is 0 Å². The van der Waals surface area contributed by atoms with Crippen LogP contribution in [0, 0.1) is 6.92 Å². The molecule has 0 aliphatic rings. The van der Waals surface area contributed by atoms with Gasteiger partial charge in [-0.2, -0.15) is 5.10 Å². The summed E-state index contributed by atoms with van der Waals surface area (Å²) < 4.78 is 1.93. The molecular weight excluding hydrogens is 258 g/mol. The molecular formula is C18H21N3. The van der Waals surface area contributed by atoms with E-state index < -0.39 is 0 Å². The summed E-state index contributed by atoms with van der Waals surface area (Å²) >= 11 is 0. The van der Waals surface area contributed by atoms with Gasteiger partial charge in [-0.15, -0.1) is 0 Å². The highest BCUT2D eigenvalue weighted by molar-refractivity contribution is 5.85. The molecule has 1 unspecified atom stereocenters. The van der Waals surface area contributed by atoms with E-state index in [2.05, 4.69) is 53.6 Å². The topological polar surface area (TPSA) is 43.8 Å². The Morgan fingerprint density at radius 3 is 2.62 bits per heavy atom. The van der Waals surface area contributed by atoms with E-state index in [-0.39, 0.29) is 6.04 Å². The van der Waals surface area contributed by atoms with Gasteiger partial charge in [-0.25, -0.2) is 0 Å². The summed E-state index contributed by atoms with van der Waals surface area (Å²) in [4.78, 5) is 0. The number of fused-ring (bicyclic) bond motifs is 1. The number of hydrogen-bond donors (Lipinski definition) is 1. The Hall–Kier alpha value is -2.13. The lowest BCUT2D eigenvalue weighted by molar-refractivity contribution is 0.614. The maximum atomic E-state index is 6.37. The van der Waals surface area contributed by atoms with Crippen LogP contribution in [0.25, 0.3) is 10.8 Å². The van der Waals surface area contributed by atoms with E-state index in [1.165, 1.54) is 22.0 Å². The normalized spacial score (nSPS) is 12.7. The van der Waals surface area contributed by atoms with Crippen LogP contribution in [0.5, 0.6) is 0 Å². The second-order valence-corrected chi connectivity index (χ2v) is 5.71. The predicted octanol–water partition coefficient (Wildman–Crippen LogP) is 2.99. The maximum absolute atomic E-state index is 6.37. The summed E-state index contributed by atoms with van der Waals surface area (Å²) in [5.74, 6) is 0. The summed E-state index contributed by atoms with van der Waals surface area (Å²) in [5, 5.41) is 6.96. The lowest BCUT2D eigenvalue weighted by Crippen LogP contribution is -2.26. The summed E-state index contributed by atoms with van der Waals surface area (Å²) in [6.07, 6.45) is 1.73. The third kappa shape index (κ3) is 2.98. The number of aromatic nitrogens is 2. The number of nitrogens with two attached hydrogens (primary N) is 1. The van der Waals surface area contributed by atoms with Crippen LogP contribution in [-0.2, 0) is 19.9 Å². The average Bonchev–Trinajstić information content (AvgIpc) is 2.77. The summed E-state index contributed by atoms with van der Waals surface area (Å²) in [6.45, 7) is 2.01. The quantitative estimate of drug-likeness (QED) is 0.798. The smallest absolute Gasteiger partial charge is 0.0596 e. The molecule has 3 aromatic rings. The predicted molar refractivity (Wildman–Crippen MR) is 87.3 cm³/mol. The molecule has 3 rings (SSSR count). The average molecular weight is 279 g/mol. The fraction of sp³-hybridized carbons (Fsp3) is 0.278. The summed E-state index contributed by atoms with van der Waals surface area (Å²) in [6, 6.07) is 17.1. The van der Waals surface area contributed by atoms with E-state index in [1.54, 1.807) is 0 Å². The molecule has 2 aromatic carbocycles. The molecule has 1 aromatic heterocycles. The first-order valence-corrected chi connectivity index (χ1v) is 7.35. The molecule has 0 fully saturated rings. The van der Waals surface area contributed by atoms with Crippen LogP contribution < -0.4 is 5.73 Å². The van der Waals surface area contributed by atoms with E-state index in [0.29, 0.717) is 0 Å². The molecule has 1 heterocycles. The molecule has 0 aliphatic carbocycles. The number of benzene rings is 2. The van der Waals surface area contributed by atoms with Crippen molar-refractivity contribution in [3.05, 3.63) is 65.5 Å². The van der Waals surface area contributed by atoms with Gasteiger partial charge in [-0.05, 0) is 35.7 Å². The zero-order valence-electron chi connectivity index (χ0n) is 12.6. The molecule has 0 bridgehead atoms. The van der Waals surface area contributed by atoms with Gasteiger partial charge in [0.1, 0.15) is 0 Å². The Labute approximate surface area is 125 Å². The Balaban J connectivity index is 1.80. The van der Waals surface area contributed by atoms with Gasteiger partial charge in [0.2, 0.25) is 0 Å². The number of hydrogen-bond acceptors (Lipinski definition) is 2. The van der Waals surface area contributed by atoms with Crippen LogP contribution >= 0.6 is 0 Å². The summed E-state index contributed by atoms with van der Waals surface area (Å²) in [7, 11) is 1.98. The minimum atomic E-state index is 0.102. The fourth-order valence-electron chi connectivity index (χ4n) is 2.95. The van der Waals surface area contributed by atoms with Gasteiger partial charge in [-0.3, -0.25) is 4.68 Å². The highest BCUT2D eigenvalue weighted by Crippen LogP contribution is 2.20. The van der Waals surface area contributed by atoms with Crippen LogP contribution in [0.4, 0.5) is 0 Å². The van der Waals surface area contributed by atoms with Crippen molar-refractivity contribution in [3.8, 4) is 0 Å². The molecule has 0 saturated carbocycles. The first-order chi connectivity index (χ1) is 10.1. The second kappa shape index (κ2) is 5.70. The van der Waals surface area contributed by atoms with E-state index in [4.69, 9.17) is 5.73 Å². The van der Waals surface area contributed by atoms with Crippen molar-refractivity contribution in [1.82, 2.24) is 9.78 Å². The first kappa shape index (κ1) is 13.8. The van der Waals surface area contributed by atoms with E-state index in [9.17, 15) is 0 Å². The van der Waals surface area contributed by atoms with Gasteiger partial charge in [0.25, 0.3) is 0 Å². The number of aryl methyl sites for hydroxylation is 2. The molecule has 108 valence electrons. The van der Waals surface area contributed by atoms with Crippen molar-refractivity contribution in [2.24, 2.45) is 12.8 Å². The van der Waals surface area contributed by atoms with Crippen molar-refractivity contribution in [2.75, 3.05) is 0 Å².